The highest BCUT2D eigenvalue weighted by Gasteiger charge is 2.00. The van der Waals surface area contributed by atoms with Gasteiger partial charge in [0.25, 0.3) is 0 Å². The first-order valence-corrected chi connectivity index (χ1v) is 7.84. The van der Waals surface area contributed by atoms with Crippen LogP contribution in [0.5, 0.6) is 0 Å². The minimum atomic E-state index is -3.30. The van der Waals surface area contributed by atoms with Crippen molar-refractivity contribution in [3.8, 4) is 0 Å². The summed E-state index contributed by atoms with van der Waals surface area (Å²) in [5.41, 5.74) is 0. The second-order valence-electron chi connectivity index (χ2n) is 4.71. The van der Waals surface area contributed by atoms with Crippen LogP contribution in [0.4, 0.5) is 0 Å². The zero-order valence-electron chi connectivity index (χ0n) is 10.5. The van der Waals surface area contributed by atoms with Crippen LogP contribution in [0, 0.1) is 5.92 Å². The molecule has 0 aromatic rings. The lowest BCUT2D eigenvalue weighted by Crippen LogP contribution is -2.27. The maximum absolute atomic E-state index is 10.6. The Bertz CT molecular complexity index is 251. The molecular formula is C11H26N2O2S. The summed E-state index contributed by atoms with van der Waals surface area (Å²) in [6.45, 7) is 5.84. The van der Waals surface area contributed by atoms with Gasteiger partial charge in [-0.05, 0) is 18.9 Å². The molecule has 0 bridgehead atoms. The fraction of sp³-hybridized carbons (Fsp3) is 1.00. The van der Waals surface area contributed by atoms with Crippen molar-refractivity contribution < 1.29 is 8.42 Å². The van der Waals surface area contributed by atoms with Gasteiger partial charge in [-0.15, -0.1) is 0 Å². The molecule has 0 aliphatic heterocycles. The summed E-state index contributed by atoms with van der Waals surface area (Å²) in [4.78, 5) is 0. The van der Waals surface area contributed by atoms with E-state index in [4.69, 9.17) is 5.14 Å². The maximum Gasteiger partial charge on any atom is 0.210 e. The van der Waals surface area contributed by atoms with Crippen LogP contribution < -0.4 is 10.5 Å². The fourth-order valence-electron chi connectivity index (χ4n) is 1.50. The average molecular weight is 250 g/mol. The highest BCUT2D eigenvalue weighted by molar-refractivity contribution is 7.89. The van der Waals surface area contributed by atoms with E-state index in [0.717, 1.165) is 18.9 Å². The van der Waals surface area contributed by atoms with E-state index >= 15 is 0 Å². The number of rotatable bonds is 10. The SMILES string of the molecule is CC(C)CCCCCCNCCS(N)(=O)=O. The number of primary sulfonamides is 1. The molecule has 16 heavy (non-hydrogen) atoms. The summed E-state index contributed by atoms with van der Waals surface area (Å²) in [6, 6.07) is 0. The van der Waals surface area contributed by atoms with Gasteiger partial charge in [-0.25, -0.2) is 13.6 Å². The van der Waals surface area contributed by atoms with Gasteiger partial charge in [0, 0.05) is 6.54 Å². The molecule has 4 nitrogen and oxygen atoms in total. The van der Waals surface area contributed by atoms with Gasteiger partial charge < -0.3 is 5.32 Å². The third kappa shape index (κ3) is 13.9. The van der Waals surface area contributed by atoms with Crippen LogP contribution in [0.2, 0.25) is 0 Å². The van der Waals surface area contributed by atoms with E-state index in [1.807, 2.05) is 0 Å². The van der Waals surface area contributed by atoms with Crippen LogP contribution in [0.15, 0.2) is 0 Å². The molecule has 0 radical (unpaired) electrons. The van der Waals surface area contributed by atoms with Crippen LogP contribution >= 0.6 is 0 Å². The first kappa shape index (κ1) is 15.9. The van der Waals surface area contributed by atoms with E-state index in [1.54, 1.807) is 0 Å². The summed E-state index contributed by atoms with van der Waals surface area (Å²) < 4.78 is 21.2. The topological polar surface area (TPSA) is 72.2 Å². The second kappa shape index (κ2) is 8.96. The van der Waals surface area contributed by atoms with E-state index < -0.39 is 10.0 Å². The van der Waals surface area contributed by atoms with Crippen LogP contribution in [0.3, 0.4) is 0 Å². The average Bonchev–Trinajstić information content (AvgIpc) is 2.13. The molecule has 0 atom stereocenters. The lowest BCUT2D eigenvalue weighted by molar-refractivity contribution is 0.514. The van der Waals surface area contributed by atoms with Gasteiger partial charge in [0.1, 0.15) is 0 Å². The summed E-state index contributed by atoms with van der Waals surface area (Å²) in [5.74, 6) is 0.827. The molecule has 0 spiro atoms. The number of sulfonamides is 1. The van der Waals surface area contributed by atoms with E-state index in [1.165, 1.54) is 25.7 Å². The lowest BCUT2D eigenvalue weighted by atomic mass is 10.0. The second-order valence-corrected chi connectivity index (χ2v) is 6.45. The van der Waals surface area contributed by atoms with E-state index in [0.29, 0.717) is 6.54 Å². The number of hydrogen-bond acceptors (Lipinski definition) is 3. The Kier molecular flexibility index (Phi) is 8.89. The van der Waals surface area contributed by atoms with E-state index in [-0.39, 0.29) is 5.75 Å². The van der Waals surface area contributed by atoms with Crippen molar-refractivity contribution in [3.63, 3.8) is 0 Å². The Morgan fingerprint density at radius 2 is 1.69 bits per heavy atom. The van der Waals surface area contributed by atoms with Gasteiger partial charge in [0.2, 0.25) is 10.0 Å². The van der Waals surface area contributed by atoms with Gasteiger partial charge in [-0.1, -0.05) is 39.5 Å². The van der Waals surface area contributed by atoms with Crippen molar-refractivity contribution in [1.29, 1.82) is 0 Å². The summed E-state index contributed by atoms with van der Waals surface area (Å²) in [7, 11) is -3.30. The molecule has 0 unspecified atom stereocenters. The Morgan fingerprint density at radius 1 is 1.06 bits per heavy atom. The Hall–Kier alpha value is -0.130. The maximum atomic E-state index is 10.6. The summed E-state index contributed by atoms with van der Waals surface area (Å²) in [6.07, 6.45) is 6.21. The zero-order valence-corrected chi connectivity index (χ0v) is 11.4. The zero-order chi connectivity index (χ0) is 12.4. The molecule has 0 fully saturated rings. The number of nitrogens with two attached hydrogens (primary N) is 1. The van der Waals surface area contributed by atoms with Crippen molar-refractivity contribution >= 4 is 10.0 Å². The van der Waals surface area contributed by atoms with E-state index in [9.17, 15) is 8.42 Å². The summed E-state index contributed by atoms with van der Waals surface area (Å²) in [5, 5.41) is 7.96. The molecule has 0 aromatic heterocycles. The normalized spacial score (nSPS) is 12.2. The predicted molar refractivity (Wildman–Crippen MR) is 68.8 cm³/mol. The minimum Gasteiger partial charge on any atom is -0.316 e. The molecule has 98 valence electrons. The molecule has 0 amide bonds. The van der Waals surface area contributed by atoms with Crippen molar-refractivity contribution in [2.24, 2.45) is 11.1 Å². The Morgan fingerprint density at radius 3 is 2.25 bits per heavy atom. The van der Waals surface area contributed by atoms with Crippen molar-refractivity contribution in [3.05, 3.63) is 0 Å². The van der Waals surface area contributed by atoms with Crippen molar-refractivity contribution in [1.82, 2.24) is 5.32 Å². The Labute approximate surface area is 100 Å². The molecule has 0 aliphatic carbocycles. The van der Waals surface area contributed by atoms with Crippen LogP contribution in [-0.2, 0) is 10.0 Å². The summed E-state index contributed by atoms with van der Waals surface area (Å²) >= 11 is 0. The molecule has 0 aliphatic rings. The van der Waals surface area contributed by atoms with Crippen molar-refractivity contribution in [2.45, 2.75) is 46.0 Å². The molecule has 0 aromatic carbocycles. The fourth-order valence-corrected chi connectivity index (χ4v) is 1.92. The highest BCUT2D eigenvalue weighted by Crippen LogP contribution is 2.08. The first-order chi connectivity index (χ1) is 7.42. The van der Waals surface area contributed by atoms with Gasteiger partial charge in [-0.2, -0.15) is 0 Å². The molecule has 3 N–H and O–H groups in total. The van der Waals surface area contributed by atoms with E-state index in [2.05, 4.69) is 19.2 Å². The van der Waals surface area contributed by atoms with Crippen LogP contribution in [0.1, 0.15) is 46.0 Å². The largest absolute Gasteiger partial charge is 0.316 e. The number of hydrogen-bond donors (Lipinski definition) is 2. The monoisotopic (exact) mass is 250 g/mol. The van der Waals surface area contributed by atoms with Crippen LogP contribution in [0.25, 0.3) is 0 Å². The van der Waals surface area contributed by atoms with Gasteiger partial charge in [0.05, 0.1) is 5.75 Å². The van der Waals surface area contributed by atoms with Crippen LogP contribution in [-0.4, -0.2) is 27.3 Å². The molecule has 0 heterocycles. The first-order valence-electron chi connectivity index (χ1n) is 6.13. The molecule has 5 heteroatoms. The highest BCUT2D eigenvalue weighted by atomic mass is 32.2. The number of unbranched alkanes of at least 4 members (excludes halogenated alkanes) is 3. The van der Waals surface area contributed by atoms with Gasteiger partial charge in [0.15, 0.2) is 0 Å². The molecular weight excluding hydrogens is 224 g/mol. The third-order valence-electron chi connectivity index (χ3n) is 2.45. The quantitative estimate of drug-likeness (QED) is 0.577. The Balaban J connectivity index is 3.10. The minimum absolute atomic E-state index is 0.0281. The smallest absolute Gasteiger partial charge is 0.210 e. The number of nitrogens with one attached hydrogen (secondary N) is 1. The third-order valence-corrected chi connectivity index (χ3v) is 3.22. The molecule has 0 saturated heterocycles. The van der Waals surface area contributed by atoms with Crippen molar-refractivity contribution in [2.75, 3.05) is 18.8 Å². The van der Waals surface area contributed by atoms with Gasteiger partial charge in [-0.3, -0.25) is 0 Å². The lowest BCUT2D eigenvalue weighted by Gasteiger charge is -2.05. The molecule has 0 saturated carbocycles. The van der Waals surface area contributed by atoms with Gasteiger partial charge >= 0.3 is 0 Å². The molecule has 0 rings (SSSR count). The standard InChI is InChI=1S/C11H26N2O2S/c1-11(2)7-5-3-4-6-8-13-9-10-16(12,14)15/h11,13H,3-10H2,1-2H3,(H2,12,14,15). The predicted octanol–water partition coefficient (Wildman–Crippen LogP) is 1.47.